The molecule has 2 aromatic carbocycles. The van der Waals surface area contributed by atoms with E-state index in [9.17, 15) is 29.4 Å². The van der Waals surface area contributed by atoms with E-state index in [0.717, 1.165) is 64.0 Å². The first kappa shape index (κ1) is 37.6. The number of carbonyl (C=O) groups excluding carboxylic acids is 3. The number of benzene rings is 2. The monoisotopic (exact) mass is 752 g/mol. The number of alkyl carbamates (subject to hydrolysis) is 1. The summed E-state index contributed by atoms with van der Waals surface area (Å²) < 4.78 is 4.75. The molecule has 290 valence electrons. The SMILES string of the molecule is COC(=O)N[C@H](C(=O)N1CCC[C@H]1c1ncc(-c2ccc3c(c2)C(O)c2cc(-c4cnc([C@@H]5CCCN5C(=O)[C@@H](NC(=O)O)C(C)C)[nH]4)ccc2-3)[nH]1)C(C)C. The number of rotatable bonds is 10. The second-order valence-electron chi connectivity index (χ2n) is 15.3. The smallest absolute Gasteiger partial charge is 0.407 e. The van der Waals surface area contributed by atoms with Gasteiger partial charge in [0, 0.05) is 13.1 Å². The van der Waals surface area contributed by atoms with Crippen LogP contribution in [0, 0.1) is 11.8 Å². The zero-order valence-corrected chi connectivity index (χ0v) is 31.6. The maximum absolute atomic E-state index is 13.6. The van der Waals surface area contributed by atoms with Gasteiger partial charge in [0.15, 0.2) is 0 Å². The zero-order valence-electron chi connectivity index (χ0n) is 31.6. The first-order valence-electron chi connectivity index (χ1n) is 18.9. The number of imidazole rings is 2. The van der Waals surface area contributed by atoms with Gasteiger partial charge >= 0.3 is 12.2 Å². The number of carboxylic acid groups (broad SMARTS) is 1. The van der Waals surface area contributed by atoms with Crippen LogP contribution in [0.4, 0.5) is 9.59 Å². The van der Waals surface area contributed by atoms with Gasteiger partial charge in [-0.2, -0.15) is 0 Å². The van der Waals surface area contributed by atoms with Gasteiger partial charge in [0.1, 0.15) is 29.8 Å². The summed E-state index contributed by atoms with van der Waals surface area (Å²) in [6, 6.07) is 9.75. The average molecular weight is 753 g/mol. The summed E-state index contributed by atoms with van der Waals surface area (Å²) in [7, 11) is 1.27. The van der Waals surface area contributed by atoms with Gasteiger partial charge in [-0.05, 0) is 83.0 Å². The summed E-state index contributed by atoms with van der Waals surface area (Å²) in [6.45, 7) is 8.47. The molecule has 4 heterocycles. The Morgan fingerprint density at radius 1 is 0.764 bits per heavy atom. The fourth-order valence-corrected chi connectivity index (χ4v) is 8.21. The number of nitrogens with one attached hydrogen (secondary N) is 4. The van der Waals surface area contributed by atoms with E-state index in [-0.39, 0.29) is 35.7 Å². The second kappa shape index (κ2) is 15.2. The highest BCUT2D eigenvalue weighted by molar-refractivity contribution is 5.87. The number of H-pyrrole nitrogens is 2. The number of aromatic amines is 2. The van der Waals surface area contributed by atoms with Gasteiger partial charge in [-0.25, -0.2) is 19.6 Å². The lowest BCUT2D eigenvalue weighted by molar-refractivity contribution is -0.136. The Labute approximate surface area is 318 Å². The standard InChI is InChI=1S/C40H48N8O7/c1-20(2)32(45-39(52)53)37(50)47-14-6-8-30(47)35-41-18-28(43-35)22-10-12-24-25-13-11-23(17-27(25)34(49)26(24)16-22)29-19-42-36(44-29)31-9-7-15-48(31)38(51)33(21(3)4)46-40(54)55-5/h10-13,16-21,30-34,45,49H,6-9,14-15H2,1-5H3,(H,41,43)(H,42,44)(H,46,54)(H,52,53)/t30-,31-,32-,33-,34?/m0/s1. The van der Waals surface area contributed by atoms with E-state index < -0.39 is 30.4 Å². The summed E-state index contributed by atoms with van der Waals surface area (Å²) in [4.78, 5) is 70.1. The molecular weight excluding hydrogens is 704 g/mol. The molecule has 2 fully saturated rings. The van der Waals surface area contributed by atoms with Gasteiger partial charge in [0.2, 0.25) is 11.8 Å². The molecule has 1 aliphatic carbocycles. The van der Waals surface area contributed by atoms with Gasteiger partial charge in [-0.1, -0.05) is 52.0 Å². The van der Waals surface area contributed by atoms with Crippen molar-refractivity contribution in [1.29, 1.82) is 0 Å². The predicted octanol–water partition coefficient (Wildman–Crippen LogP) is 5.53. The van der Waals surface area contributed by atoms with Crippen molar-refractivity contribution in [1.82, 2.24) is 40.4 Å². The van der Waals surface area contributed by atoms with Gasteiger partial charge in [0.05, 0.1) is 43.0 Å². The largest absolute Gasteiger partial charge is 0.465 e. The van der Waals surface area contributed by atoms with Crippen LogP contribution in [0.25, 0.3) is 33.6 Å². The molecule has 2 aromatic heterocycles. The quantitative estimate of drug-likeness (QED) is 0.120. The van der Waals surface area contributed by atoms with Crippen LogP contribution in [0.5, 0.6) is 0 Å². The van der Waals surface area contributed by atoms with E-state index in [1.807, 2.05) is 64.1 Å². The summed E-state index contributed by atoms with van der Waals surface area (Å²) >= 11 is 0. The summed E-state index contributed by atoms with van der Waals surface area (Å²) in [5, 5.41) is 26.0. The molecule has 0 saturated carbocycles. The number of methoxy groups -OCH3 is 1. The average Bonchev–Trinajstić information content (AvgIpc) is 4.02. The van der Waals surface area contributed by atoms with E-state index in [1.165, 1.54) is 7.11 Å². The van der Waals surface area contributed by atoms with E-state index in [0.29, 0.717) is 31.2 Å². The molecule has 0 spiro atoms. The number of fused-ring (bicyclic) bond motifs is 3. The Balaban J connectivity index is 1.07. The molecule has 1 unspecified atom stereocenters. The van der Waals surface area contributed by atoms with Crippen molar-refractivity contribution >= 4 is 24.0 Å². The van der Waals surface area contributed by atoms with Crippen molar-refractivity contribution < 1.29 is 34.1 Å². The summed E-state index contributed by atoms with van der Waals surface area (Å²) in [6.07, 6.45) is 3.76. The molecule has 2 aliphatic heterocycles. The van der Waals surface area contributed by atoms with E-state index in [1.54, 1.807) is 22.2 Å². The van der Waals surface area contributed by atoms with E-state index in [2.05, 4.69) is 30.6 Å². The number of aliphatic hydroxyl groups is 1. The van der Waals surface area contributed by atoms with Crippen molar-refractivity contribution in [3.8, 4) is 33.6 Å². The second-order valence-corrected chi connectivity index (χ2v) is 15.3. The molecule has 2 saturated heterocycles. The van der Waals surface area contributed by atoms with Crippen molar-refractivity contribution in [3.05, 3.63) is 71.6 Å². The highest BCUT2D eigenvalue weighted by atomic mass is 16.5. The molecule has 6 N–H and O–H groups in total. The molecule has 15 nitrogen and oxygen atoms in total. The third-order valence-corrected chi connectivity index (χ3v) is 11.1. The third-order valence-electron chi connectivity index (χ3n) is 11.1. The molecule has 0 bridgehead atoms. The zero-order chi connectivity index (χ0) is 39.1. The van der Waals surface area contributed by atoms with Gasteiger partial charge in [0.25, 0.3) is 0 Å². The molecule has 15 heteroatoms. The van der Waals surface area contributed by atoms with Crippen LogP contribution in [0.15, 0.2) is 48.8 Å². The number of likely N-dealkylation sites (tertiary alicyclic amines) is 2. The molecule has 4 amide bonds. The van der Waals surface area contributed by atoms with Crippen LogP contribution in [-0.2, 0) is 14.3 Å². The van der Waals surface area contributed by atoms with Gasteiger partial charge < -0.3 is 45.4 Å². The lowest BCUT2D eigenvalue weighted by Gasteiger charge is -2.30. The Morgan fingerprint density at radius 3 is 1.64 bits per heavy atom. The molecular formula is C40H48N8O7. The number of hydrogen-bond donors (Lipinski definition) is 6. The first-order chi connectivity index (χ1) is 26.4. The Hall–Kier alpha value is -5.70. The predicted molar refractivity (Wildman–Crippen MR) is 202 cm³/mol. The van der Waals surface area contributed by atoms with Gasteiger partial charge in [-0.3, -0.25) is 9.59 Å². The normalized spacial score (nSPS) is 20.0. The van der Waals surface area contributed by atoms with E-state index in [4.69, 9.17) is 4.74 Å². The van der Waals surface area contributed by atoms with Crippen molar-refractivity contribution in [3.63, 3.8) is 0 Å². The van der Waals surface area contributed by atoms with Crippen LogP contribution in [0.3, 0.4) is 0 Å². The topological polar surface area (TPSA) is 206 Å². The first-order valence-corrected chi connectivity index (χ1v) is 18.9. The summed E-state index contributed by atoms with van der Waals surface area (Å²) in [5.74, 6) is 0.511. The van der Waals surface area contributed by atoms with Crippen LogP contribution in [0.2, 0.25) is 0 Å². The highest BCUT2D eigenvalue weighted by Crippen LogP contribution is 2.46. The molecule has 55 heavy (non-hydrogen) atoms. The van der Waals surface area contributed by atoms with Crippen LogP contribution in [0.1, 0.15) is 94.3 Å². The fraction of sp³-hybridized carbons (Fsp3) is 0.450. The maximum Gasteiger partial charge on any atom is 0.407 e. The third kappa shape index (κ3) is 7.15. The maximum atomic E-state index is 13.6. The minimum Gasteiger partial charge on any atom is -0.465 e. The van der Waals surface area contributed by atoms with Gasteiger partial charge in [-0.15, -0.1) is 0 Å². The molecule has 7 rings (SSSR count). The number of amides is 4. The number of aromatic nitrogens is 4. The molecule has 0 radical (unpaired) electrons. The minimum atomic E-state index is -1.23. The van der Waals surface area contributed by atoms with Crippen molar-refractivity contribution in [2.45, 2.75) is 83.6 Å². The lowest BCUT2D eigenvalue weighted by atomic mass is 10.0. The summed E-state index contributed by atoms with van der Waals surface area (Å²) in [5.41, 5.74) is 6.59. The van der Waals surface area contributed by atoms with Crippen LogP contribution in [-0.4, -0.2) is 96.2 Å². The Kier molecular flexibility index (Phi) is 10.4. The van der Waals surface area contributed by atoms with Crippen LogP contribution < -0.4 is 10.6 Å². The Bertz CT molecular complexity index is 2110. The number of hydrogen-bond acceptors (Lipinski definition) is 8. The minimum absolute atomic E-state index is 0.135. The molecule has 3 aliphatic rings. The lowest BCUT2D eigenvalue weighted by Crippen LogP contribution is -2.51. The van der Waals surface area contributed by atoms with Crippen molar-refractivity contribution in [2.75, 3.05) is 20.2 Å². The van der Waals surface area contributed by atoms with Crippen LogP contribution >= 0.6 is 0 Å². The number of nitrogens with zero attached hydrogens (tertiary/aromatic N) is 4. The molecule has 5 atom stereocenters. The molecule has 4 aromatic rings. The Morgan fingerprint density at radius 2 is 1.22 bits per heavy atom. The van der Waals surface area contributed by atoms with Crippen molar-refractivity contribution in [2.24, 2.45) is 11.8 Å². The highest BCUT2D eigenvalue weighted by Gasteiger charge is 2.39. The fourth-order valence-electron chi connectivity index (χ4n) is 8.21. The van der Waals surface area contributed by atoms with E-state index >= 15 is 0 Å². The number of carbonyl (C=O) groups is 4. The number of ether oxygens (including phenoxy) is 1. The number of aliphatic hydroxyl groups excluding tert-OH is 1.